The van der Waals surface area contributed by atoms with Crippen molar-refractivity contribution in [3.05, 3.63) is 12.2 Å². The first-order chi connectivity index (χ1) is 9.81. The molecule has 0 aromatic carbocycles. The van der Waals surface area contributed by atoms with Gasteiger partial charge in [0.15, 0.2) is 0 Å². The van der Waals surface area contributed by atoms with Gasteiger partial charge in [0.1, 0.15) is 12.2 Å². The molecule has 4 nitrogen and oxygen atoms in total. The van der Waals surface area contributed by atoms with Crippen molar-refractivity contribution in [2.45, 2.75) is 77.3 Å². The van der Waals surface area contributed by atoms with E-state index in [4.69, 9.17) is 0 Å². The monoisotopic (exact) mass is 276 g/mol. The Hall–Kier alpha value is -0.900. The molecule has 0 radical (unpaired) electrons. The van der Waals surface area contributed by atoms with E-state index in [1.165, 1.54) is 57.3 Å². The van der Waals surface area contributed by atoms with Crippen molar-refractivity contribution in [3.63, 3.8) is 0 Å². The molecule has 2 aliphatic rings. The van der Waals surface area contributed by atoms with Crippen molar-refractivity contribution < 1.29 is 0 Å². The molecule has 1 heterocycles. The summed E-state index contributed by atoms with van der Waals surface area (Å²) in [5.41, 5.74) is 0.430. The lowest BCUT2D eigenvalue weighted by atomic mass is 9.71. The molecule has 2 aliphatic carbocycles. The fraction of sp³-hybridized carbons (Fsp3) is 0.875. The van der Waals surface area contributed by atoms with Gasteiger partial charge in [-0.05, 0) is 37.5 Å². The third-order valence-corrected chi connectivity index (χ3v) is 4.92. The van der Waals surface area contributed by atoms with Gasteiger partial charge in [-0.2, -0.15) is 5.10 Å². The third-order valence-electron chi connectivity index (χ3n) is 4.92. The van der Waals surface area contributed by atoms with E-state index in [1.807, 2.05) is 0 Å². The zero-order valence-electron chi connectivity index (χ0n) is 12.8. The molecule has 112 valence electrons. The summed E-state index contributed by atoms with van der Waals surface area (Å²) >= 11 is 0. The average molecular weight is 276 g/mol. The predicted octanol–water partition coefficient (Wildman–Crippen LogP) is 2.93. The standard InChI is InChI=1S/C16H28N4/c1-2-10-20-15(18-13-19-20)11-16(8-4-3-5-9-16)12-17-14-6-7-14/h13-14,17H,2-12H2,1H3. The minimum atomic E-state index is 0.430. The van der Waals surface area contributed by atoms with Crippen LogP contribution in [0.25, 0.3) is 0 Å². The molecule has 1 aromatic rings. The van der Waals surface area contributed by atoms with E-state index >= 15 is 0 Å². The number of rotatable bonds is 7. The fourth-order valence-corrected chi connectivity index (χ4v) is 3.53. The molecular weight excluding hydrogens is 248 g/mol. The van der Waals surface area contributed by atoms with E-state index in [9.17, 15) is 0 Å². The summed E-state index contributed by atoms with van der Waals surface area (Å²) in [6.45, 7) is 4.38. The summed E-state index contributed by atoms with van der Waals surface area (Å²) < 4.78 is 2.12. The van der Waals surface area contributed by atoms with Gasteiger partial charge in [0.05, 0.1) is 0 Å². The van der Waals surface area contributed by atoms with Crippen LogP contribution in [0.1, 0.15) is 64.1 Å². The second-order valence-corrected chi connectivity index (χ2v) is 6.79. The van der Waals surface area contributed by atoms with Gasteiger partial charge >= 0.3 is 0 Å². The van der Waals surface area contributed by atoms with Gasteiger partial charge in [-0.25, -0.2) is 4.98 Å². The summed E-state index contributed by atoms with van der Waals surface area (Å²) in [5.74, 6) is 1.20. The quantitative estimate of drug-likeness (QED) is 0.832. The van der Waals surface area contributed by atoms with E-state index in [2.05, 4.69) is 27.0 Å². The largest absolute Gasteiger partial charge is 0.313 e. The summed E-state index contributed by atoms with van der Waals surface area (Å²) in [4.78, 5) is 4.54. The Morgan fingerprint density at radius 2 is 2.10 bits per heavy atom. The number of nitrogens with zero attached hydrogens (tertiary/aromatic N) is 3. The van der Waals surface area contributed by atoms with Crippen molar-refractivity contribution >= 4 is 0 Å². The first-order valence-corrected chi connectivity index (χ1v) is 8.41. The van der Waals surface area contributed by atoms with Crippen molar-refractivity contribution in [3.8, 4) is 0 Å². The van der Waals surface area contributed by atoms with E-state index in [0.717, 1.165) is 25.4 Å². The van der Waals surface area contributed by atoms with Crippen molar-refractivity contribution in [2.24, 2.45) is 5.41 Å². The Bertz CT molecular complexity index is 416. The minimum absolute atomic E-state index is 0.430. The highest BCUT2D eigenvalue weighted by molar-refractivity contribution is 4.98. The molecule has 0 saturated heterocycles. The molecule has 1 N–H and O–H groups in total. The van der Waals surface area contributed by atoms with Gasteiger partial charge in [0, 0.05) is 25.6 Å². The highest BCUT2D eigenvalue weighted by Gasteiger charge is 2.35. The first-order valence-electron chi connectivity index (χ1n) is 8.41. The molecule has 0 aliphatic heterocycles. The summed E-state index contributed by atoms with van der Waals surface area (Å²) in [6.07, 6.45) is 13.6. The van der Waals surface area contributed by atoms with Crippen molar-refractivity contribution in [1.82, 2.24) is 20.1 Å². The Morgan fingerprint density at radius 3 is 2.80 bits per heavy atom. The lowest BCUT2D eigenvalue weighted by molar-refractivity contribution is 0.174. The molecule has 4 heteroatoms. The van der Waals surface area contributed by atoms with Crippen LogP contribution in [0.2, 0.25) is 0 Å². The third kappa shape index (κ3) is 3.40. The highest BCUT2D eigenvalue weighted by atomic mass is 15.3. The number of aryl methyl sites for hydroxylation is 1. The van der Waals surface area contributed by atoms with Gasteiger partial charge in [0.25, 0.3) is 0 Å². The van der Waals surface area contributed by atoms with Gasteiger partial charge in [-0.15, -0.1) is 0 Å². The second-order valence-electron chi connectivity index (χ2n) is 6.79. The van der Waals surface area contributed by atoms with E-state index < -0.39 is 0 Å². The van der Waals surface area contributed by atoms with Gasteiger partial charge in [-0.3, -0.25) is 4.68 Å². The molecule has 1 aromatic heterocycles. The summed E-state index contributed by atoms with van der Waals surface area (Å²) in [6, 6.07) is 0.808. The lowest BCUT2D eigenvalue weighted by Crippen LogP contribution is -2.39. The summed E-state index contributed by atoms with van der Waals surface area (Å²) in [5, 5.41) is 8.17. The van der Waals surface area contributed by atoms with Crippen LogP contribution in [0.15, 0.2) is 6.33 Å². The normalized spacial score (nSPS) is 22.1. The number of aromatic nitrogens is 3. The van der Waals surface area contributed by atoms with Crippen LogP contribution in [0, 0.1) is 5.41 Å². The van der Waals surface area contributed by atoms with Gasteiger partial charge < -0.3 is 5.32 Å². The van der Waals surface area contributed by atoms with Crippen LogP contribution in [-0.4, -0.2) is 27.4 Å². The smallest absolute Gasteiger partial charge is 0.138 e. The maximum absolute atomic E-state index is 4.54. The maximum Gasteiger partial charge on any atom is 0.138 e. The van der Waals surface area contributed by atoms with E-state index in [0.29, 0.717) is 5.41 Å². The van der Waals surface area contributed by atoms with E-state index in [-0.39, 0.29) is 0 Å². The lowest BCUT2D eigenvalue weighted by Gasteiger charge is -2.37. The molecule has 2 fully saturated rings. The van der Waals surface area contributed by atoms with E-state index in [1.54, 1.807) is 6.33 Å². The average Bonchev–Trinajstić information content (AvgIpc) is 3.21. The Labute approximate surface area is 122 Å². The molecule has 0 atom stereocenters. The Balaban J connectivity index is 1.68. The predicted molar refractivity (Wildman–Crippen MR) is 80.6 cm³/mol. The molecular formula is C16H28N4. The van der Waals surface area contributed by atoms with Crippen LogP contribution < -0.4 is 5.32 Å². The Morgan fingerprint density at radius 1 is 1.30 bits per heavy atom. The molecule has 0 unspecified atom stereocenters. The van der Waals surface area contributed by atoms with Crippen LogP contribution in [0.3, 0.4) is 0 Å². The SMILES string of the molecule is CCCn1ncnc1CC1(CNC2CC2)CCCCC1. The van der Waals surface area contributed by atoms with Crippen LogP contribution in [0.4, 0.5) is 0 Å². The number of hydrogen-bond acceptors (Lipinski definition) is 3. The number of nitrogens with one attached hydrogen (secondary N) is 1. The van der Waals surface area contributed by atoms with Gasteiger partial charge in [-0.1, -0.05) is 26.2 Å². The number of hydrogen-bond donors (Lipinski definition) is 1. The molecule has 3 rings (SSSR count). The van der Waals surface area contributed by atoms with Crippen LogP contribution >= 0.6 is 0 Å². The molecule has 0 bridgehead atoms. The zero-order valence-corrected chi connectivity index (χ0v) is 12.8. The fourth-order valence-electron chi connectivity index (χ4n) is 3.53. The zero-order chi connectivity index (χ0) is 13.8. The highest BCUT2D eigenvalue weighted by Crippen LogP contribution is 2.39. The van der Waals surface area contributed by atoms with Crippen molar-refractivity contribution in [1.29, 1.82) is 0 Å². The first kappa shape index (κ1) is 14.1. The van der Waals surface area contributed by atoms with Gasteiger partial charge in [0.2, 0.25) is 0 Å². The van der Waals surface area contributed by atoms with Crippen LogP contribution in [-0.2, 0) is 13.0 Å². The van der Waals surface area contributed by atoms with Crippen molar-refractivity contribution in [2.75, 3.05) is 6.54 Å². The summed E-state index contributed by atoms with van der Waals surface area (Å²) in [7, 11) is 0. The topological polar surface area (TPSA) is 42.7 Å². The molecule has 0 spiro atoms. The Kier molecular flexibility index (Phi) is 4.39. The maximum atomic E-state index is 4.54. The molecule has 20 heavy (non-hydrogen) atoms. The molecule has 2 saturated carbocycles. The van der Waals surface area contributed by atoms with Crippen LogP contribution in [0.5, 0.6) is 0 Å². The minimum Gasteiger partial charge on any atom is -0.313 e. The second kappa shape index (κ2) is 6.25. The molecule has 0 amide bonds.